The number of ether oxygens (including phenoxy) is 1. The minimum absolute atomic E-state index is 0.0693. The van der Waals surface area contributed by atoms with Gasteiger partial charge in [0.2, 0.25) is 5.78 Å². The number of hydrogen-bond donors (Lipinski definition) is 0. The minimum atomic E-state index is -0.0693. The molecule has 1 aliphatic rings. The van der Waals surface area contributed by atoms with Crippen LogP contribution in [0.5, 0.6) is 5.75 Å². The van der Waals surface area contributed by atoms with E-state index >= 15 is 0 Å². The molecule has 0 aromatic heterocycles. The van der Waals surface area contributed by atoms with Crippen molar-refractivity contribution in [3.8, 4) is 5.75 Å². The van der Waals surface area contributed by atoms with Crippen molar-refractivity contribution in [3.63, 3.8) is 0 Å². The first-order valence-corrected chi connectivity index (χ1v) is 4.50. The summed E-state index contributed by atoms with van der Waals surface area (Å²) in [6.07, 6.45) is 5.90. The smallest absolute Gasteiger partial charge is 0.220 e. The number of allylic oxidation sites excluding steroid dienone is 3. The molecule has 0 spiro atoms. The number of carbonyl (C=O) groups excluding carboxylic acids is 1. The second kappa shape index (κ2) is 3.92. The summed E-state index contributed by atoms with van der Waals surface area (Å²) in [5, 5.41) is 0. The zero-order valence-corrected chi connectivity index (χ0v) is 7.64. The molecule has 70 valence electrons. The van der Waals surface area contributed by atoms with Crippen molar-refractivity contribution in [2.45, 2.75) is 6.42 Å². The van der Waals surface area contributed by atoms with Gasteiger partial charge >= 0.3 is 0 Å². The number of benzene rings is 1. The Labute approximate surface area is 82.5 Å². The Balaban J connectivity index is 2.12. The summed E-state index contributed by atoms with van der Waals surface area (Å²) in [5.41, 5.74) is 0. The lowest BCUT2D eigenvalue weighted by molar-refractivity contribution is -0.113. The maximum Gasteiger partial charge on any atom is 0.220 e. The molecule has 0 unspecified atom stereocenters. The van der Waals surface area contributed by atoms with Crippen LogP contribution < -0.4 is 4.74 Å². The lowest BCUT2D eigenvalue weighted by Gasteiger charge is -2.08. The molecule has 2 rings (SSSR count). The molecule has 0 heterocycles. The summed E-state index contributed by atoms with van der Waals surface area (Å²) in [6.45, 7) is 0. The van der Waals surface area contributed by atoms with Crippen LogP contribution in [0.15, 0.2) is 54.3 Å². The van der Waals surface area contributed by atoms with Crippen LogP contribution in [0.1, 0.15) is 6.42 Å². The van der Waals surface area contributed by atoms with Gasteiger partial charge < -0.3 is 4.74 Å². The third-order valence-corrected chi connectivity index (χ3v) is 1.92. The van der Waals surface area contributed by atoms with E-state index in [2.05, 4.69) is 0 Å². The van der Waals surface area contributed by atoms with Crippen molar-refractivity contribution < 1.29 is 9.53 Å². The first-order valence-electron chi connectivity index (χ1n) is 4.50. The molecule has 0 N–H and O–H groups in total. The Hall–Kier alpha value is -1.83. The highest BCUT2D eigenvalue weighted by molar-refractivity contribution is 6.03. The van der Waals surface area contributed by atoms with Gasteiger partial charge in [-0.25, -0.2) is 0 Å². The number of rotatable bonds is 2. The van der Waals surface area contributed by atoms with Gasteiger partial charge in [0.05, 0.1) is 0 Å². The van der Waals surface area contributed by atoms with E-state index in [1.807, 2.05) is 36.4 Å². The number of hydrogen-bond acceptors (Lipinski definition) is 2. The molecule has 0 saturated heterocycles. The second-order valence-corrected chi connectivity index (χ2v) is 2.99. The quantitative estimate of drug-likeness (QED) is 0.709. The molecule has 2 heteroatoms. The fourth-order valence-corrected chi connectivity index (χ4v) is 1.24. The molecule has 1 aromatic rings. The summed E-state index contributed by atoms with van der Waals surface area (Å²) in [5.74, 6) is 1.04. The maximum absolute atomic E-state index is 11.3. The van der Waals surface area contributed by atoms with Crippen molar-refractivity contribution in [2.75, 3.05) is 0 Å². The summed E-state index contributed by atoms with van der Waals surface area (Å²) < 4.78 is 5.43. The van der Waals surface area contributed by atoms with Crippen LogP contribution >= 0.6 is 0 Å². The van der Waals surface area contributed by atoms with E-state index in [0.29, 0.717) is 11.5 Å². The topological polar surface area (TPSA) is 26.3 Å². The molecule has 1 aromatic carbocycles. The molecular weight excluding hydrogens is 176 g/mol. The fourth-order valence-electron chi connectivity index (χ4n) is 1.24. The van der Waals surface area contributed by atoms with Gasteiger partial charge in [0.1, 0.15) is 5.75 Å². The molecule has 0 aliphatic heterocycles. The molecule has 0 fully saturated rings. The van der Waals surface area contributed by atoms with Gasteiger partial charge in [-0.2, -0.15) is 0 Å². The molecule has 0 saturated carbocycles. The normalized spacial score (nSPS) is 15.1. The summed E-state index contributed by atoms with van der Waals surface area (Å²) in [4.78, 5) is 11.3. The van der Waals surface area contributed by atoms with Crippen LogP contribution in [-0.4, -0.2) is 5.78 Å². The summed E-state index contributed by atoms with van der Waals surface area (Å²) in [7, 11) is 0. The second-order valence-electron chi connectivity index (χ2n) is 2.99. The largest absolute Gasteiger partial charge is 0.454 e. The summed E-state index contributed by atoms with van der Waals surface area (Å²) >= 11 is 0. The maximum atomic E-state index is 11.3. The first kappa shape index (κ1) is 8.75. The van der Waals surface area contributed by atoms with Crippen LogP contribution in [0.4, 0.5) is 0 Å². The minimum Gasteiger partial charge on any atom is -0.454 e. The Bertz CT molecular complexity index is 388. The van der Waals surface area contributed by atoms with E-state index in [1.165, 1.54) is 6.08 Å². The monoisotopic (exact) mass is 186 g/mol. The number of para-hydroxylation sites is 1. The SMILES string of the molecule is O=C1C=CCC=C1Oc1ccccc1. The van der Waals surface area contributed by atoms with Crippen LogP contribution in [0.2, 0.25) is 0 Å². The van der Waals surface area contributed by atoms with Gasteiger partial charge in [0.15, 0.2) is 5.76 Å². The predicted octanol–water partition coefficient (Wildman–Crippen LogP) is 2.48. The van der Waals surface area contributed by atoms with Crippen LogP contribution in [0.25, 0.3) is 0 Å². The van der Waals surface area contributed by atoms with Crippen molar-refractivity contribution in [3.05, 3.63) is 54.3 Å². The Morgan fingerprint density at radius 3 is 2.64 bits per heavy atom. The molecule has 0 amide bonds. The number of ketones is 1. The van der Waals surface area contributed by atoms with Gasteiger partial charge in [0, 0.05) is 0 Å². The van der Waals surface area contributed by atoms with Crippen molar-refractivity contribution in [1.82, 2.24) is 0 Å². The van der Waals surface area contributed by atoms with Gasteiger partial charge in [-0.05, 0) is 30.7 Å². The average molecular weight is 186 g/mol. The highest BCUT2D eigenvalue weighted by atomic mass is 16.5. The van der Waals surface area contributed by atoms with Gasteiger partial charge in [-0.1, -0.05) is 24.3 Å². The third-order valence-electron chi connectivity index (χ3n) is 1.92. The third kappa shape index (κ3) is 1.91. The van der Waals surface area contributed by atoms with Crippen molar-refractivity contribution in [1.29, 1.82) is 0 Å². The zero-order valence-electron chi connectivity index (χ0n) is 7.64. The molecule has 0 radical (unpaired) electrons. The van der Waals surface area contributed by atoms with E-state index in [0.717, 1.165) is 6.42 Å². The molecule has 2 nitrogen and oxygen atoms in total. The van der Waals surface area contributed by atoms with Crippen LogP contribution in [0, 0.1) is 0 Å². The average Bonchev–Trinajstić information content (AvgIpc) is 2.23. The highest BCUT2D eigenvalue weighted by Crippen LogP contribution is 2.16. The summed E-state index contributed by atoms with van der Waals surface area (Å²) in [6, 6.07) is 9.31. The molecule has 0 atom stereocenters. The van der Waals surface area contributed by atoms with E-state index in [4.69, 9.17) is 4.74 Å². The van der Waals surface area contributed by atoms with E-state index in [1.54, 1.807) is 6.08 Å². The van der Waals surface area contributed by atoms with Crippen LogP contribution in [-0.2, 0) is 4.79 Å². The van der Waals surface area contributed by atoms with Crippen molar-refractivity contribution >= 4 is 5.78 Å². The van der Waals surface area contributed by atoms with E-state index in [9.17, 15) is 4.79 Å². The Morgan fingerprint density at radius 1 is 1.14 bits per heavy atom. The lowest BCUT2D eigenvalue weighted by atomic mass is 10.1. The molecule has 1 aliphatic carbocycles. The fraction of sp³-hybridized carbons (Fsp3) is 0.0833. The van der Waals surface area contributed by atoms with E-state index < -0.39 is 0 Å². The standard InChI is InChI=1S/C12H10O2/c13-11-8-4-5-9-12(11)14-10-6-2-1-3-7-10/h1-4,6-9H,5H2. The Morgan fingerprint density at radius 2 is 1.93 bits per heavy atom. The molecular formula is C12H10O2. The van der Waals surface area contributed by atoms with Gasteiger partial charge in [-0.15, -0.1) is 0 Å². The predicted molar refractivity (Wildman–Crippen MR) is 53.9 cm³/mol. The zero-order chi connectivity index (χ0) is 9.80. The van der Waals surface area contributed by atoms with Gasteiger partial charge in [-0.3, -0.25) is 4.79 Å². The van der Waals surface area contributed by atoms with Crippen molar-refractivity contribution in [2.24, 2.45) is 0 Å². The van der Waals surface area contributed by atoms with Crippen LogP contribution in [0.3, 0.4) is 0 Å². The van der Waals surface area contributed by atoms with E-state index in [-0.39, 0.29) is 5.78 Å². The lowest BCUT2D eigenvalue weighted by Crippen LogP contribution is -2.08. The molecule has 14 heavy (non-hydrogen) atoms. The first-order chi connectivity index (χ1) is 6.86. The highest BCUT2D eigenvalue weighted by Gasteiger charge is 2.10. The Kier molecular flexibility index (Phi) is 2.45. The molecule has 0 bridgehead atoms. The number of carbonyl (C=O) groups is 1. The van der Waals surface area contributed by atoms with Gasteiger partial charge in [0.25, 0.3) is 0 Å².